The fourth-order valence-electron chi connectivity index (χ4n) is 1.17. The maximum Gasteiger partial charge on any atom is 0.0994 e. The number of rotatable bonds is 2. The first-order chi connectivity index (χ1) is 6.67. The van der Waals surface area contributed by atoms with Crippen LogP contribution in [0.3, 0.4) is 0 Å². The summed E-state index contributed by atoms with van der Waals surface area (Å²) in [6, 6.07) is 7.70. The number of nitrogens with one attached hydrogen (secondary N) is 1. The van der Waals surface area contributed by atoms with Crippen molar-refractivity contribution >= 4 is 5.69 Å². The lowest BCUT2D eigenvalue weighted by molar-refractivity contribution is 1.03. The van der Waals surface area contributed by atoms with Gasteiger partial charge in [0, 0.05) is 5.69 Å². The van der Waals surface area contributed by atoms with Crippen LogP contribution >= 0.6 is 0 Å². The summed E-state index contributed by atoms with van der Waals surface area (Å²) in [6.45, 7) is 3.82. The summed E-state index contributed by atoms with van der Waals surface area (Å²) >= 11 is 0. The molecule has 0 saturated carbocycles. The van der Waals surface area contributed by atoms with E-state index >= 15 is 0 Å². The van der Waals surface area contributed by atoms with E-state index in [0.717, 1.165) is 11.3 Å². The van der Waals surface area contributed by atoms with Gasteiger partial charge < -0.3 is 5.32 Å². The van der Waals surface area contributed by atoms with E-state index < -0.39 is 0 Å². The van der Waals surface area contributed by atoms with E-state index in [-0.39, 0.29) is 6.04 Å². The van der Waals surface area contributed by atoms with Crippen LogP contribution < -0.4 is 5.32 Å². The van der Waals surface area contributed by atoms with Crippen molar-refractivity contribution in [3.8, 4) is 18.4 Å². The number of benzene rings is 1. The number of nitrogens with zero attached hydrogens (tertiary/aromatic N) is 1. The van der Waals surface area contributed by atoms with Crippen LogP contribution in [0.25, 0.3) is 0 Å². The van der Waals surface area contributed by atoms with Gasteiger partial charge >= 0.3 is 0 Å². The zero-order chi connectivity index (χ0) is 10.6. The van der Waals surface area contributed by atoms with Crippen molar-refractivity contribution in [2.45, 2.75) is 19.9 Å². The Morgan fingerprint density at radius 1 is 1.50 bits per heavy atom. The average molecular weight is 184 g/mol. The molecule has 0 spiro atoms. The molecule has 2 nitrogen and oxygen atoms in total. The molecule has 0 aliphatic rings. The van der Waals surface area contributed by atoms with Crippen molar-refractivity contribution in [1.29, 1.82) is 5.26 Å². The van der Waals surface area contributed by atoms with Gasteiger partial charge in [-0.1, -0.05) is 5.92 Å². The van der Waals surface area contributed by atoms with Crippen LogP contribution in [0.2, 0.25) is 0 Å². The highest BCUT2D eigenvalue weighted by Crippen LogP contribution is 2.14. The monoisotopic (exact) mass is 184 g/mol. The Hall–Kier alpha value is -1.93. The number of terminal acetylenes is 1. The minimum Gasteiger partial charge on any atom is -0.372 e. The van der Waals surface area contributed by atoms with Gasteiger partial charge in [-0.2, -0.15) is 5.26 Å². The molecule has 14 heavy (non-hydrogen) atoms. The molecule has 0 aliphatic carbocycles. The van der Waals surface area contributed by atoms with Crippen molar-refractivity contribution < 1.29 is 0 Å². The summed E-state index contributed by atoms with van der Waals surface area (Å²) in [6.07, 6.45) is 5.25. The summed E-state index contributed by atoms with van der Waals surface area (Å²) in [5, 5.41) is 11.9. The summed E-state index contributed by atoms with van der Waals surface area (Å²) in [7, 11) is 0. The van der Waals surface area contributed by atoms with Gasteiger partial charge in [0.15, 0.2) is 0 Å². The molecule has 0 aliphatic heterocycles. The van der Waals surface area contributed by atoms with E-state index in [1.54, 1.807) is 6.07 Å². The molecule has 1 aromatic carbocycles. The third kappa shape index (κ3) is 2.28. The second-order valence-electron chi connectivity index (χ2n) is 3.17. The number of aryl methyl sites for hydroxylation is 1. The predicted molar refractivity (Wildman–Crippen MR) is 57.8 cm³/mol. The lowest BCUT2D eigenvalue weighted by Crippen LogP contribution is -2.11. The Bertz CT molecular complexity index is 407. The van der Waals surface area contributed by atoms with Gasteiger partial charge in [-0.25, -0.2) is 0 Å². The van der Waals surface area contributed by atoms with Gasteiger partial charge in [-0.3, -0.25) is 0 Å². The van der Waals surface area contributed by atoms with Crippen LogP contribution in [0, 0.1) is 30.6 Å². The molecule has 0 radical (unpaired) electrons. The van der Waals surface area contributed by atoms with E-state index in [9.17, 15) is 0 Å². The molecular weight excluding hydrogens is 172 g/mol. The molecule has 0 bridgehead atoms. The van der Waals surface area contributed by atoms with Crippen molar-refractivity contribution in [1.82, 2.24) is 0 Å². The van der Waals surface area contributed by atoms with Gasteiger partial charge in [-0.05, 0) is 37.6 Å². The Morgan fingerprint density at radius 3 is 2.71 bits per heavy atom. The molecule has 0 saturated heterocycles. The summed E-state index contributed by atoms with van der Waals surface area (Å²) in [5.41, 5.74) is 2.61. The Kier molecular flexibility index (Phi) is 3.15. The molecule has 1 atom stereocenters. The van der Waals surface area contributed by atoms with E-state index in [0.29, 0.717) is 5.56 Å². The molecular formula is C12H12N2. The summed E-state index contributed by atoms with van der Waals surface area (Å²) in [5.74, 6) is 2.59. The Labute approximate surface area is 84.6 Å². The van der Waals surface area contributed by atoms with Crippen molar-refractivity contribution in [2.24, 2.45) is 0 Å². The normalized spacial score (nSPS) is 11.1. The van der Waals surface area contributed by atoms with E-state index in [2.05, 4.69) is 17.3 Å². The van der Waals surface area contributed by atoms with Crippen LogP contribution in [-0.2, 0) is 0 Å². The van der Waals surface area contributed by atoms with Gasteiger partial charge in [0.2, 0.25) is 0 Å². The first kappa shape index (κ1) is 10.2. The maximum absolute atomic E-state index is 8.73. The lowest BCUT2D eigenvalue weighted by Gasteiger charge is -2.10. The minimum absolute atomic E-state index is 0.00216. The van der Waals surface area contributed by atoms with Crippen LogP contribution in [0.15, 0.2) is 18.2 Å². The number of anilines is 1. The molecule has 0 aromatic heterocycles. The molecule has 1 aromatic rings. The highest BCUT2D eigenvalue weighted by molar-refractivity contribution is 5.52. The average Bonchev–Trinajstić information content (AvgIpc) is 2.18. The molecule has 0 amide bonds. The quantitative estimate of drug-likeness (QED) is 0.716. The van der Waals surface area contributed by atoms with E-state index in [1.165, 1.54) is 0 Å². The van der Waals surface area contributed by atoms with Crippen molar-refractivity contribution in [3.63, 3.8) is 0 Å². The lowest BCUT2D eigenvalue weighted by atomic mass is 10.1. The maximum atomic E-state index is 8.73. The standard InChI is InChI=1S/C12H12N2/c1-4-10(3)14-12-6-5-11(8-13)9(2)7-12/h1,5-7,10,14H,2-3H3. The zero-order valence-corrected chi connectivity index (χ0v) is 8.33. The van der Waals surface area contributed by atoms with E-state index in [1.807, 2.05) is 26.0 Å². The van der Waals surface area contributed by atoms with Crippen LogP contribution in [0.5, 0.6) is 0 Å². The van der Waals surface area contributed by atoms with Crippen molar-refractivity contribution in [3.05, 3.63) is 29.3 Å². The Balaban J connectivity index is 2.89. The first-order valence-electron chi connectivity index (χ1n) is 4.41. The van der Waals surface area contributed by atoms with Gasteiger partial charge in [0.25, 0.3) is 0 Å². The zero-order valence-electron chi connectivity index (χ0n) is 8.33. The second-order valence-corrected chi connectivity index (χ2v) is 3.17. The van der Waals surface area contributed by atoms with Gasteiger partial charge in [-0.15, -0.1) is 6.42 Å². The number of nitriles is 1. The third-order valence-electron chi connectivity index (χ3n) is 1.98. The minimum atomic E-state index is 0.00216. The molecule has 70 valence electrons. The molecule has 1 rings (SSSR count). The molecule has 0 heterocycles. The summed E-state index contributed by atoms with van der Waals surface area (Å²) in [4.78, 5) is 0. The smallest absolute Gasteiger partial charge is 0.0994 e. The summed E-state index contributed by atoms with van der Waals surface area (Å²) < 4.78 is 0. The van der Waals surface area contributed by atoms with Gasteiger partial charge in [0.1, 0.15) is 0 Å². The molecule has 2 heteroatoms. The van der Waals surface area contributed by atoms with Crippen LogP contribution in [-0.4, -0.2) is 6.04 Å². The number of hydrogen-bond acceptors (Lipinski definition) is 2. The molecule has 0 fully saturated rings. The molecule has 1 unspecified atom stereocenters. The second kappa shape index (κ2) is 4.35. The Morgan fingerprint density at radius 2 is 2.21 bits per heavy atom. The SMILES string of the molecule is C#CC(C)Nc1ccc(C#N)c(C)c1. The fourth-order valence-corrected chi connectivity index (χ4v) is 1.17. The largest absolute Gasteiger partial charge is 0.372 e. The first-order valence-corrected chi connectivity index (χ1v) is 4.41. The van der Waals surface area contributed by atoms with E-state index in [4.69, 9.17) is 11.7 Å². The molecule has 1 N–H and O–H groups in total. The van der Waals surface area contributed by atoms with Crippen molar-refractivity contribution in [2.75, 3.05) is 5.32 Å². The van der Waals surface area contributed by atoms with Crippen LogP contribution in [0.4, 0.5) is 5.69 Å². The van der Waals surface area contributed by atoms with Gasteiger partial charge in [0.05, 0.1) is 17.7 Å². The topological polar surface area (TPSA) is 35.8 Å². The highest BCUT2D eigenvalue weighted by Gasteiger charge is 2.00. The van der Waals surface area contributed by atoms with Crippen LogP contribution in [0.1, 0.15) is 18.1 Å². The highest BCUT2D eigenvalue weighted by atomic mass is 14.9. The third-order valence-corrected chi connectivity index (χ3v) is 1.98. The number of hydrogen-bond donors (Lipinski definition) is 1. The predicted octanol–water partition coefficient (Wildman–Crippen LogP) is 2.30. The fraction of sp³-hybridized carbons (Fsp3) is 0.250.